The maximum Gasteiger partial charge on any atom is 0.372 e. The summed E-state index contributed by atoms with van der Waals surface area (Å²) in [6, 6.07) is 6.60. The number of carboxylic acid groups (broad SMARTS) is 1. The molecule has 0 unspecified atom stereocenters. The molecule has 0 fully saturated rings. The molecule has 2 aromatic rings. The molecule has 98 valence electrons. The van der Waals surface area contributed by atoms with Crippen LogP contribution in [0.3, 0.4) is 0 Å². The molecular formula is C11H13ClN2O4. The molecule has 0 bridgehead atoms. The van der Waals surface area contributed by atoms with Crippen molar-refractivity contribution in [2.45, 2.75) is 6.54 Å². The lowest BCUT2D eigenvalue weighted by atomic mass is 10.2. The van der Waals surface area contributed by atoms with Crippen LogP contribution < -0.4 is 0 Å². The lowest BCUT2D eigenvalue weighted by Gasteiger charge is -2.05. The zero-order chi connectivity index (χ0) is 11.5. The van der Waals surface area contributed by atoms with Gasteiger partial charge in [-0.05, 0) is 17.7 Å². The summed E-state index contributed by atoms with van der Waals surface area (Å²) in [5, 5.41) is 18.0. The smallest absolute Gasteiger partial charge is 0.372 e. The van der Waals surface area contributed by atoms with Crippen LogP contribution in [0.4, 0.5) is 0 Å². The highest BCUT2D eigenvalue weighted by atomic mass is 35.5. The van der Waals surface area contributed by atoms with E-state index < -0.39 is 5.97 Å². The van der Waals surface area contributed by atoms with Gasteiger partial charge in [-0.1, -0.05) is 12.1 Å². The van der Waals surface area contributed by atoms with Crippen LogP contribution in [0.1, 0.15) is 16.2 Å². The van der Waals surface area contributed by atoms with Crippen LogP contribution in [0.15, 0.2) is 36.7 Å². The molecular weight excluding hydrogens is 260 g/mol. The van der Waals surface area contributed by atoms with Crippen molar-refractivity contribution in [3.05, 3.63) is 48.0 Å². The Kier molecular flexibility index (Phi) is 5.87. The highest BCUT2D eigenvalue weighted by Crippen LogP contribution is 2.11. The van der Waals surface area contributed by atoms with Gasteiger partial charge in [-0.15, -0.1) is 12.4 Å². The third kappa shape index (κ3) is 3.47. The van der Waals surface area contributed by atoms with Gasteiger partial charge in [0, 0.05) is 18.9 Å². The normalized spacial score (nSPS) is 9.11. The number of carbonyl (C=O) groups is 1. The first kappa shape index (κ1) is 16.0. The monoisotopic (exact) mass is 272 g/mol. The van der Waals surface area contributed by atoms with Gasteiger partial charge in [-0.3, -0.25) is 0 Å². The van der Waals surface area contributed by atoms with Crippen molar-refractivity contribution in [2.24, 2.45) is 0 Å². The Morgan fingerprint density at radius 1 is 1.28 bits per heavy atom. The van der Waals surface area contributed by atoms with Crippen LogP contribution in [0.2, 0.25) is 0 Å². The Bertz CT molecular complexity index is 510. The molecule has 2 rings (SSSR count). The van der Waals surface area contributed by atoms with Crippen molar-refractivity contribution in [3.63, 3.8) is 0 Å². The average Bonchev–Trinajstić information content (AvgIpc) is 2.69. The molecule has 0 radical (unpaired) electrons. The summed E-state index contributed by atoms with van der Waals surface area (Å²) in [5.41, 5.74) is 0.901. The van der Waals surface area contributed by atoms with Gasteiger partial charge in [0.15, 0.2) is 0 Å². The van der Waals surface area contributed by atoms with E-state index in [0.717, 1.165) is 5.56 Å². The van der Waals surface area contributed by atoms with E-state index in [0.29, 0.717) is 6.54 Å². The Labute approximate surface area is 109 Å². The zero-order valence-electron chi connectivity index (χ0n) is 9.28. The first-order valence-corrected chi connectivity index (χ1v) is 4.69. The van der Waals surface area contributed by atoms with Crippen LogP contribution in [0, 0.1) is 0 Å². The summed E-state index contributed by atoms with van der Waals surface area (Å²) in [6.07, 6.45) is 3.06. The van der Waals surface area contributed by atoms with Crippen molar-refractivity contribution < 1.29 is 20.5 Å². The van der Waals surface area contributed by atoms with E-state index in [4.69, 9.17) is 10.2 Å². The SMILES string of the molecule is Cl.O.O=C(O)c1nccn1Cc1ccc(O)cc1. The molecule has 0 aliphatic rings. The first-order chi connectivity index (χ1) is 7.66. The highest BCUT2D eigenvalue weighted by Gasteiger charge is 2.10. The van der Waals surface area contributed by atoms with Gasteiger partial charge in [-0.2, -0.15) is 0 Å². The van der Waals surface area contributed by atoms with Gasteiger partial charge >= 0.3 is 5.97 Å². The Morgan fingerprint density at radius 3 is 2.44 bits per heavy atom. The zero-order valence-corrected chi connectivity index (χ0v) is 10.1. The molecule has 4 N–H and O–H groups in total. The number of benzene rings is 1. The number of aromatic hydroxyl groups is 1. The van der Waals surface area contributed by atoms with Crippen molar-refractivity contribution in [1.82, 2.24) is 9.55 Å². The summed E-state index contributed by atoms with van der Waals surface area (Å²) in [6.45, 7) is 0.419. The highest BCUT2D eigenvalue weighted by molar-refractivity contribution is 5.85. The van der Waals surface area contributed by atoms with Gasteiger partial charge < -0.3 is 20.3 Å². The number of aromatic nitrogens is 2. The lowest BCUT2D eigenvalue weighted by molar-refractivity contribution is 0.0679. The van der Waals surface area contributed by atoms with Crippen LogP contribution in [0.5, 0.6) is 5.75 Å². The summed E-state index contributed by atoms with van der Waals surface area (Å²) in [4.78, 5) is 14.5. The number of imidazole rings is 1. The molecule has 0 aliphatic heterocycles. The van der Waals surface area contributed by atoms with E-state index in [1.165, 1.54) is 10.8 Å². The maximum absolute atomic E-state index is 10.8. The van der Waals surface area contributed by atoms with Crippen molar-refractivity contribution in [2.75, 3.05) is 0 Å². The molecule has 0 spiro atoms. The van der Waals surface area contributed by atoms with Gasteiger partial charge in [0.25, 0.3) is 0 Å². The van der Waals surface area contributed by atoms with E-state index >= 15 is 0 Å². The maximum atomic E-state index is 10.8. The van der Waals surface area contributed by atoms with E-state index in [9.17, 15) is 4.79 Å². The van der Waals surface area contributed by atoms with E-state index in [1.807, 2.05) is 0 Å². The Balaban J connectivity index is 0.00000144. The second-order valence-corrected chi connectivity index (χ2v) is 3.35. The fraction of sp³-hybridized carbons (Fsp3) is 0.0909. The number of phenolic OH excluding ortho intramolecular Hbond substituents is 1. The van der Waals surface area contributed by atoms with Crippen molar-refractivity contribution >= 4 is 18.4 Å². The van der Waals surface area contributed by atoms with Crippen LogP contribution >= 0.6 is 12.4 Å². The van der Waals surface area contributed by atoms with Gasteiger partial charge in [-0.25, -0.2) is 9.78 Å². The van der Waals surface area contributed by atoms with Crippen LogP contribution in [-0.4, -0.2) is 31.2 Å². The first-order valence-electron chi connectivity index (χ1n) is 4.69. The topological polar surface area (TPSA) is 107 Å². The summed E-state index contributed by atoms with van der Waals surface area (Å²) in [7, 11) is 0. The summed E-state index contributed by atoms with van der Waals surface area (Å²) >= 11 is 0. The molecule has 0 aliphatic carbocycles. The van der Waals surface area contributed by atoms with E-state index in [1.54, 1.807) is 30.5 Å². The molecule has 0 saturated carbocycles. The molecule has 1 aromatic heterocycles. The van der Waals surface area contributed by atoms with Crippen molar-refractivity contribution in [1.29, 1.82) is 0 Å². The predicted molar refractivity (Wildman–Crippen MR) is 67.3 cm³/mol. The number of aromatic carboxylic acids is 1. The average molecular weight is 273 g/mol. The third-order valence-electron chi connectivity index (χ3n) is 2.20. The minimum absolute atomic E-state index is 0. The number of halogens is 1. The minimum Gasteiger partial charge on any atom is -0.508 e. The molecule has 6 nitrogen and oxygen atoms in total. The third-order valence-corrected chi connectivity index (χ3v) is 2.20. The van der Waals surface area contributed by atoms with Gasteiger partial charge in [0.1, 0.15) is 5.75 Å². The minimum atomic E-state index is -1.05. The largest absolute Gasteiger partial charge is 0.508 e. The second-order valence-electron chi connectivity index (χ2n) is 3.35. The summed E-state index contributed by atoms with van der Waals surface area (Å²) < 4.78 is 1.54. The van der Waals surface area contributed by atoms with Crippen molar-refractivity contribution in [3.8, 4) is 5.75 Å². The molecule has 1 heterocycles. The standard InChI is InChI=1S/C11H10N2O3.ClH.H2O/c14-9-3-1-8(2-4-9)7-13-6-5-12-10(13)11(15)16;;/h1-6,14H,7H2,(H,15,16);1H;1H2. The number of rotatable bonds is 3. The van der Waals surface area contributed by atoms with E-state index in [2.05, 4.69) is 4.98 Å². The molecule has 7 heteroatoms. The lowest BCUT2D eigenvalue weighted by Crippen LogP contribution is -2.09. The molecule has 0 saturated heterocycles. The molecule has 18 heavy (non-hydrogen) atoms. The quantitative estimate of drug-likeness (QED) is 0.866. The van der Waals surface area contributed by atoms with Crippen LogP contribution in [-0.2, 0) is 6.54 Å². The Hall–Kier alpha value is -2.05. The fourth-order valence-corrected chi connectivity index (χ4v) is 1.43. The van der Waals surface area contributed by atoms with E-state index in [-0.39, 0.29) is 29.5 Å². The summed E-state index contributed by atoms with van der Waals surface area (Å²) in [5.74, 6) is -0.857. The number of hydrogen-bond donors (Lipinski definition) is 2. The fourth-order valence-electron chi connectivity index (χ4n) is 1.43. The van der Waals surface area contributed by atoms with Gasteiger partial charge in [0.05, 0.1) is 0 Å². The second kappa shape index (κ2) is 6.63. The van der Waals surface area contributed by atoms with Crippen LogP contribution in [0.25, 0.3) is 0 Å². The number of hydrogen-bond acceptors (Lipinski definition) is 3. The Morgan fingerprint density at radius 2 is 1.89 bits per heavy atom. The predicted octanol–water partition coefficient (Wildman–Crippen LogP) is 0.932. The number of nitrogens with zero attached hydrogens (tertiary/aromatic N) is 2. The molecule has 0 amide bonds. The molecule has 1 aromatic carbocycles. The van der Waals surface area contributed by atoms with Gasteiger partial charge in [0.2, 0.25) is 5.82 Å². The number of phenols is 1. The number of carboxylic acids is 1. The molecule has 0 atom stereocenters.